The van der Waals surface area contributed by atoms with Crippen molar-refractivity contribution in [3.05, 3.63) is 58.7 Å². The third-order valence-electron chi connectivity index (χ3n) is 5.34. The van der Waals surface area contributed by atoms with Crippen LogP contribution in [-0.4, -0.2) is 25.4 Å². The monoisotopic (exact) mass is 362 g/mol. The number of anilines is 1. The maximum atomic E-state index is 5.71. The van der Waals surface area contributed by atoms with E-state index >= 15 is 0 Å². The predicted octanol–water partition coefficient (Wildman–Crippen LogP) is 6.08. The van der Waals surface area contributed by atoms with Gasteiger partial charge in [0.15, 0.2) is 0 Å². The summed E-state index contributed by atoms with van der Waals surface area (Å²) in [4.78, 5) is 7.15. The molecule has 142 valence electrons. The lowest BCUT2D eigenvalue weighted by Gasteiger charge is -2.43. The first-order valence-corrected chi connectivity index (χ1v) is 9.57. The van der Waals surface area contributed by atoms with Gasteiger partial charge < -0.3 is 9.64 Å². The number of fused-ring (bicyclic) bond motifs is 1. The summed E-state index contributed by atoms with van der Waals surface area (Å²) in [6.07, 6.45) is 4.26. The molecule has 3 nitrogen and oxygen atoms in total. The van der Waals surface area contributed by atoms with Crippen LogP contribution in [0, 0.1) is 13.8 Å². The van der Waals surface area contributed by atoms with Crippen LogP contribution in [-0.2, 0) is 0 Å². The van der Waals surface area contributed by atoms with Gasteiger partial charge in [-0.15, -0.1) is 0 Å². The molecule has 3 heteroatoms. The maximum absolute atomic E-state index is 5.71. The van der Waals surface area contributed by atoms with Crippen molar-refractivity contribution in [1.29, 1.82) is 0 Å². The first-order valence-electron chi connectivity index (χ1n) is 9.57. The van der Waals surface area contributed by atoms with Crippen LogP contribution in [0.25, 0.3) is 5.57 Å². The zero-order valence-corrected chi connectivity index (χ0v) is 17.6. The Hall–Kier alpha value is -2.55. The Morgan fingerprint density at radius 2 is 1.85 bits per heavy atom. The van der Waals surface area contributed by atoms with Crippen molar-refractivity contribution in [2.75, 3.05) is 18.6 Å². The lowest BCUT2D eigenvalue weighted by molar-refractivity contribution is 0.413. The molecule has 1 aliphatic rings. The second kappa shape index (κ2) is 7.22. The molecule has 1 heterocycles. The van der Waals surface area contributed by atoms with Crippen LogP contribution < -0.4 is 9.64 Å². The summed E-state index contributed by atoms with van der Waals surface area (Å²) in [6.45, 7) is 14.0. The molecular weight excluding hydrogens is 332 g/mol. The predicted molar refractivity (Wildman–Crippen MR) is 117 cm³/mol. The quantitative estimate of drug-likeness (QED) is 0.615. The largest absolute Gasteiger partial charge is 0.496 e. The third kappa shape index (κ3) is 3.64. The van der Waals surface area contributed by atoms with Gasteiger partial charge in [-0.1, -0.05) is 23.8 Å². The first-order chi connectivity index (χ1) is 12.8. The Labute approximate surface area is 163 Å². The highest BCUT2D eigenvalue weighted by Crippen LogP contribution is 2.41. The average Bonchev–Trinajstić information content (AvgIpc) is 2.60. The molecule has 0 aromatic heterocycles. The minimum absolute atomic E-state index is 0.00847. The van der Waals surface area contributed by atoms with Crippen LogP contribution in [0.4, 0.5) is 11.4 Å². The summed E-state index contributed by atoms with van der Waals surface area (Å²) in [5, 5.41) is 0. The average molecular weight is 363 g/mol. The van der Waals surface area contributed by atoms with Crippen LogP contribution in [0.2, 0.25) is 0 Å². The number of hydrogen-bond acceptors (Lipinski definition) is 3. The molecule has 2 aromatic rings. The van der Waals surface area contributed by atoms with Crippen molar-refractivity contribution < 1.29 is 4.74 Å². The van der Waals surface area contributed by atoms with E-state index in [0.29, 0.717) is 0 Å². The van der Waals surface area contributed by atoms with Crippen molar-refractivity contribution in [2.45, 2.75) is 47.1 Å². The molecule has 0 amide bonds. The minimum Gasteiger partial charge on any atom is -0.496 e. The lowest BCUT2D eigenvalue weighted by Crippen LogP contribution is -2.44. The maximum Gasteiger partial charge on any atom is 0.129 e. The van der Waals surface area contributed by atoms with Crippen LogP contribution >= 0.6 is 0 Å². The van der Waals surface area contributed by atoms with Crippen molar-refractivity contribution >= 4 is 23.2 Å². The van der Waals surface area contributed by atoms with E-state index in [1.165, 1.54) is 28.0 Å². The van der Waals surface area contributed by atoms with E-state index in [9.17, 15) is 0 Å². The Balaban J connectivity index is 2.08. The number of methoxy groups -OCH3 is 1. The van der Waals surface area contributed by atoms with Crippen molar-refractivity contribution in [3.63, 3.8) is 0 Å². The van der Waals surface area contributed by atoms with Gasteiger partial charge in [-0.25, -0.2) is 0 Å². The van der Waals surface area contributed by atoms with E-state index in [2.05, 4.69) is 82.9 Å². The number of aliphatic imine (C=N–C) groups is 1. The second-order valence-corrected chi connectivity index (χ2v) is 7.88. The molecule has 0 unspecified atom stereocenters. The van der Waals surface area contributed by atoms with Gasteiger partial charge in [-0.3, -0.25) is 4.99 Å². The van der Waals surface area contributed by atoms with E-state index in [0.717, 1.165) is 23.5 Å². The van der Waals surface area contributed by atoms with Crippen molar-refractivity contribution in [3.8, 4) is 5.75 Å². The third-order valence-corrected chi connectivity index (χ3v) is 5.34. The van der Waals surface area contributed by atoms with Crippen LogP contribution in [0.15, 0.2) is 41.4 Å². The molecule has 27 heavy (non-hydrogen) atoms. The summed E-state index contributed by atoms with van der Waals surface area (Å²) < 4.78 is 5.71. The Bertz CT molecular complexity index is 922. The van der Waals surface area contributed by atoms with Gasteiger partial charge in [-0.2, -0.15) is 0 Å². The number of hydrogen-bond donors (Lipinski definition) is 0. The van der Waals surface area contributed by atoms with Crippen LogP contribution in [0.5, 0.6) is 5.75 Å². The molecule has 0 atom stereocenters. The summed E-state index contributed by atoms with van der Waals surface area (Å²) >= 11 is 0. The van der Waals surface area contributed by atoms with Gasteiger partial charge >= 0.3 is 0 Å². The number of ether oxygens (including phenoxy) is 1. The number of likely N-dealkylation sites (N-methyl/N-ethyl adjacent to an activating group) is 1. The smallest absolute Gasteiger partial charge is 0.129 e. The SMILES string of the molecule is CCN1c2cc(OC)c(C=Nc3ccc(C)cc3C)cc2C(C)=CC1(C)C. The molecule has 1 aliphatic heterocycles. The van der Waals surface area contributed by atoms with E-state index < -0.39 is 0 Å². The molecule has 2 aromatic carbocycles. The van der Waals surface area contributed by atoms with Gasteiger partial charge in [0.1, 0.15) is 5.75 Å². The number of aryl methyl sites for hydroxylation is 2. The number of allylic oxidation sites excluding steroid dienone is 1. The topological polar surface area (TPSA) is 24.8 Å². The summed E-state index contributed by atoms with van der Waals surface area (Å²) in [5.74, 6) is 0.853. The highest BCUT2D eigenvalue weighted by molar-refractivity contribution is 5.92. The molecule has 0 N–H and O–H groups in total. The zero-order valence-electron chi connectivity index (χ0n) is 17.6. The highest BCUT2D eigenvalue weighted by atomic mass is 16.5. The standard InChI is InChI=1S/C24H30N2O/c1-8-26-22-13-23(27-7)19(12-20(22)18(4)14-24(26,5)6)15-25-21-10-9-16(2)11-17(21)3/h9-15H,8H2,1-7H3. The molecule has 0 radical (unpaired) electrons. The Kier molecular flexibility index (Phi) is 5.14. The van der Waals surface area contributed by atoms with E-state index in [4.69, 9.17) is 9.73 Å². The van der Waals surface area contributed by atoms with Crippen LogP contribution in [0.3, 0.4) is 0 Å². The molecular formula is C24H30N2O. The first kappa shape index (κ1) is 19.2. The van der Waals surface area contributed by atoms with Crippen molar-refractivity contribution in [1.82, 2.24) is 0 Å². The number of rotatable bonds is 4. The Morgan fingerprint density at radius 3 is 2.48 bits per heavy atom. The van der Waals surface area contributed by atoms with Gasteiger partial charge in [0.25, 0.3) is 0 Å². The molecule has 0 aliphatic carbocycles. The molecule has 0 fully saturated rings. The molecule has 0 saturated carbocycles. The summed E-state index contributed by atoms with van der Waals surface area (Å²) in [7, 11) is 1.73. The molecule has 3 rings (SSSR count). The van der Waals surface area contributed by atoms with E-state index in [-0.39, 0.29) is 5.54 Å². The van der Waals surface area contributed by atoms with Gasteiger partial charge in [-0.05, 0) is 64.8 Å². The Morgan fingerprint density at radius 1 is 1.11 bits per heavy atom. The normalized spacial score (nSPS) is 15.7. The summed E-state index contributed by atoms with van der Waals surface area (Å²) in [6, 6.07) is 10.7. The van der Waals surface area contributed by atoms with E-state index in [1.54, 1.807) is 7.11 Å². The highest BCUT2D eigenvalue weighted by Gasteiger charge is 2.31. The van der Waals surface area contributed by atoms with E-state index in [1.807, 2.05) is 6.21 Å². The van der Waals surface area contributed by atoms with Crippen LogP contribution in [0.1, 0.15) is 49.9 Å². The molecule has 0 saturated heterocycles. The second-order valence-electron chi connectivity index (χ2n) is 7.88. The number of benzene rings is 2. The molecule has 0 bridgehead atoms. The zero-order chi connectivity index (χ0) is 19.8. The minimum atomic E-state index is -0.00847. The fraction of sp³-hybridized carbons (Fsp3) is 0.375. The number of nitrogens with zero attached hydrogens (tertiary/aromatic N) is 2. The van der Waals surface area contributed by atoms with Gasteiger partial charge in [0.05, 0.1) is 18.3 Å². The lowest BCUT2D eigenvalue weighted by atomic mass is 9.88. The fourth-order valence-corrected chi connectivity index (χ4v) is 4.07. The fourth-order valence-electron chi connectivity index (χ4n) is 4.07. The van der Waals surface area contributed by atoms with Gasteiger partial charge in [0.2, 0.25) is 0 Å². The molecule has 0 spiro atoms. The van der Waals surface area contributed by atoms with Crippen molar-refractivity contribution in [2.24, 2.45) is 4.99 Å². The summed E-state index contributed by atoms with van der Waals surface area (Å²) in [5.41, 5.74) is 8.18. The van der Waals surface area contributed by atoms with Gasteiger partial charge in [0, 0.05) is 35.6 Å².